The maximum absolute atomic E-state index is 13.0. The molecule has 0 bridgehead atoms. The molecule has 1 aromatic rings. The Morgan fingerprint density at radius 2 is 2.15 bits per heavy atom. The van der Waals surface area contributed by atoms with E-state index in [0.717, 1.165) is 6.07 Å². The maximum atomic E-state index is 13.0. The molecule has 0 aliphatic rings. The third-order valence-electron chi connectivity index (χ3n) is 1.37. The second-order valence-electron chi connectivity index (χ2n) is 2.11. The van der Waals surface area contributed by atoms with Crippen LogP contribution in [0.2, 0.25) is 5.02 Å². The van der Waals surface area contributed by atoms with Crippen LogP contribution >= 0.6 is 24.0 Å². The molecule has 0 aliphatic heterocycles. The zero-order valence-corrected chi connectivity index (χ0v) is 8.38. The number of benzene rings is 1. The van der Waals surface area contributed by atoms with Crippen LogP contribution in [0.5, 0.6) is 5.75 Å². The molecule has 1 aromatic carbocycles. The van der Waals surface area contributed by atoms with Crippen molar-refractivity contribution in [2.24, 2.45) is 5.84 Å². The summed E-state index contributed by atoms with van der Waals surface area (Å²) in [5, 5.41) is 0.265. The minimum Gasteiger partial charge on any atom is -0.492 e. The molecule has 0 saturated heterocycles. The van der Waals surface area contributed by atoms with Crippen molar-refractivity contribution in [3.63, 3.8) is 0 Å². The number of hydrazine groups is 1. The highest BCUT2D eigenvalue weighted by Crippen LogP contribution is 2.30. The van der Waals surface area contributed by atoms with Gasteiger partial charge in [-0.1, -0.05) is 11.6 Å². The number of anilines is 1. The molecule has 0 aromatic heterocycles. The number of halogens is 3. The van der Waals surface area contributed by atoms with E-state index in [1.54, 1.807) is 0 Å². The van der Waals surface area contributed by atoms with Crippen LogP contribution in [0.15, 0.2) is 12.1 Å². The molecule has 3 nitrogen and oxygen atoms in total. The third-order valence-corrected chi connectivity index (χ3v) is 1.59. The number of rotatable bonds is 2. The Kier molecular flexibility index (Phi) is 4.83. The summed E-state index contributed by atoms with van der Waals surface area (Å²) < 4.78 is 17.7. The van der Waals surface area contributed by atoms with Gasteiger partial charge >= 0.3 is 0 Å². The summed E-state index contributed by atoms with van der Waals surface area (Å²) in [6.45, 7) is 0. The van der Waals surface area contributed by atoms with Crippen molar-refractivity contribution in [3.05, 3.63) is 23.0 Å². The molecule has 0 amide bonds. The summed E-state index contributed by atoms with van der Waals surface area (Å²) in [4.78, 5) is 0. The largest absolute Gasteiger partial charge is 0.492 e. The van der Waals surface area contributed by atoms with E-state index in [1.807, 2.05) is 0 Å². The maximum Gasteiger partial charge on any atom is 0.179 e. The van der Waals surface area contributed by atoms with Crippen LogP contribution in [0.3, 0.4) is 0 Å². The molecule has 0 unspecified atom stereocenters. The van der Waals surface area contributed by atoms with E-state index < -0.39 is 5.82 Å². The van der Waals surface area contributed by atoms with Crippen LogP contribution in [0.4, 0.5) is 10.1 Å². The Morgan fingerprint density at radius 3 is 2.62 bits per heavy atom. The van der Waals surface area contributed by atoms with E-state index >= 15 is 0 Å². The highest BCUT2D eigenvalue weighted by Gasteiger charge is 2.09. The standard InChI is InChI=1S/C7H8ClFN2O.ClH/c1-12-7-5(9)2-4(8)3-6(7)11-10;/h2-3,11H,10H2,1H3;1H. The Morgan fingerprint density at radius 1 is 1.54 bits per heavy atom. The summed E-state index contributed by atoms with van der Waals surface area (Å²) in [5.41, 5.74) is 2.60. The molecular formula is C7H9Cl2FN2O. The number of nitrogens with one attached hydrogen (secondary N) is 1. The van der Waals surface area contributed by atoms with Crippen molar-refractivity contribution in [3.8, 4) is 5.75 Å². The van der Waals surface area contributed by atoms with Crippen molar-refractivity contribution in [1.82, 2.24) is 0 Å². The number of hydrogen-bond donors (Lipinski definition) is 2. The second kappa shape index (κ2) is 5.11. The molecule has 13 heavy (non-hydrogen) atoms. The molecule has 1 rings (SSSR count). The van der Waals surface area contributed by atoms with Gasteiger partial charge in [0.1, 0.15) is 0 Å². The molecule has 6 heteroatoms. The predicted octanol–water partition coefficient (Wildman–Crippen LogP) is 2.20. The van der Waals surface area contributed by atoms with Gasteiger partial charge in [0.2, 0.25) is 0 Å². The van der Waals surface area contributed by atoms with Crippen molar-refractivity contribution in [1.29, 1.82) is 0 Å². The number of nitrogen functional groups attached to an aromatic ring is 1. The van der Waals surface area contributed by atoms with Gasteiger partial charge in [-0.05, 0) is 12.1 Å². The van der Waals surface area contributed by atoms with Crippen molar-refractivity contribution in [2.45, 2.75) is 0 Å². The van der Waals surface area contributed by atoms with Gasteiger partial charge in [-0.3, -0.25) is 5.84 Å². The molecule has 3 N–H and O–H groups in total. The van der Waals surface area contributed by atoms with Gasteiger partial charge in [-0.15, -0.1) is 12.4 Å². The number of methoxy groups -OCH3 is 1. The van der Waals surface area contributed by atoms with Crippen molar-refractivity contribution >= 4 is 29.7 Å². The normalized spacial score (nSPS) is 8.92. The van der Waals surface area contributed by atoms with Crippen LogP contribution in [-0.4, -0.2) is 7.11 Å². The molecule has 74 valence electrons. The van der Waals surface area contributed by atoms with Crippen LogP contribution in [0.25, 0.3) is 0 Å². The van der Waals surface area contributed by atoms with Gasteiger partial charge < -0.3 is 10.2 Å². The zero-order chi connectivity index (χ0) is 9.14. The van der Waals surface area contributed by atoms with Gasteiger partial charge in [0.25, 0.3) is 0 Å². The van der Waals surface area contributed by atoms with E-state index in [0.29, 0.717) is 5.69 Å². The number of ether oxygens (including phenoxy) is 1. The Balaban J connectivity index is 0.00000144. The molecule has 0 spiro atoms. The highest BCUT2D eigenvalue weighted by atomic mass is 35.5. The van der Waals surface area contributed by atoms with Gasteiger partial charge in [-0.25, -0.2) is 4.39 Å². The van der Waals surface area contributed by atoms with Crippen LogP contribution in [0, 0.1) is 5.82 Å². The van der Waals surface area contributed by atoms with Gasteiger partial charge in [0.15, 0.2) is 11.6 Å². The first-order chi connectivity index (χ1) is 5.69. The lowest BCUT2D eigenvalue weighted by molar-refractivity contribution is 0.388. The first kappa shape index (κ1) is 12.3. The van der Waals surface area contributed by atoms with Crippen LogP contribution in [0.1, 0.15) is 0 Å². The molecule has 0 radical (unpaired) electrons. The smallest absolute Gasteiger partial charge is 0.179 e. The van der Waals surface area contributed by atoms with Crippen LogP contribution < -0.4 is 16.0 Å². The summed E-state index contributed by atoms with van der Waals surface area (Å²) in [6, 6.07) is 2.63. The lowest BCUT2D eigenvalue weighted by Gasteiger charge is -2.08. The van der Waals surface area contributed by atoms with Crippen molar-refractivity contribution < 1.29 is 9.13 Å². The zero-order valence-electron chi connectivity index (χ0n) is 6.80. The number of hydrogen-bond acceptors (Lipinski definition) is 3. The second-order valence-corrected chi connectivity index (χ2v) is 2.55. The SMILES string of the molecule is COc1c(F)cc(Cl)cc1NN.Cl. The first-order valence-corrected chi connectivity index (χ1v) is 3.56. The van der Waals surface area contributed by atoms with E-state index in [2.05, 4.69) is 5.43 Å². The Bertz CT molecular complexity index is 296. The van der Waals surface area contributed by atoms with E-state index in [9.17, 15) is 4.39 Å². The van der Waals surface area contributed by atoms with E-state index in [1.165, 1.54) is 13.2 Å². The lowest BCUT2D eigenvalue weighted by atomic mass is 10.3. The molecule has 0 heterocycles. The Hall–Kier alpha value is -0.710. The fourth-order valence-corrected chi connectivity index (χ4v) is 1.08. The molecule has 0 atom stereocenters. The van der Waals surface area contributed by atoms with Gasteiger partial charge in [0, 0.05) is 5.02 Å². The molecule has 0 fully saturated rings. The van der Waals surface area contributed by atoms with E-state index in [-0.39, 0.29) is 23.2 Å². The number of nitrogens with two attached hydrogens (primary N) is 1. The van der Waals surface area contributed by atoms with Crippen molar-refractivity contribution in [2.75, 3.05) is 12.5 Å². The van der Waals surface area contributed by atoms with E-state index in [4.69, 9.17) is 22.2 Å². The summed E-state index contributed by atoms with van der Waals surface area (Å²) in [5.74, 6) is 4.62. The fourth-order valence-electron chi connectivity index (χ4n) is 0.875. The van der Waals surface area contributed by atoms with Gasteiger partial charge in [-0.2, -0.15) is 0 Å². The quantitative estimate of drug-likeness (QED) is 0.601. The van der Waals surface area contributed by atoms with Gasteiger partial charge in [0.05, 0.1) is 12.8 Å². The topological polar surface area (TPSA) is 47.3 Å². The lowest BCUT2D eigenvalue weighted by Crippen LogP contribution is -2.08. The molecule has 0 aliphatic carbocycles. The third kappa shape index (κ3) is 2.62. The molecular weight excluding hydrogens is 218 g/mol. The summed E-state index contributed by atoms with van der Waals surface area (Å²) in [6.07, 6.45) is 0. The summed E-state index contributed by atoms with van der Waals surface area (Å²) >= 11 is 5.57. The minimum atomic E-state index is -0.544. The van der Waals surface area contributed by atoms with Crippen LogP contribution in [-0.2, 0) is 0 Å². The highest BCUT2D eigenvalue weighted by molar-refractivity contribution is 6.30. The molecule has 0 saturated carbocycles. The average Bonchev–Trinajstić information content (AvgIpc) is 2.03. The average molecular weight is 227 g/mol. The predicted molar refractivity (Wildman–Crippen MR) is 53.0 cm³/mol. The summed E-state index contributed by atoms with van der Waals surface area (Å²) in [7, 11) is 1.35. The Labute approximate surface area is 86.4 Å². The minimum absolute atomic E-state index is 0. The fraction of sp³-hybridized carbons (Fsp3) is 0.143. The monoisotopic (exact) mass is 226 g/mol. The first-order valence-electron chi connectivity index (χ1n) is 3.18.